The van der Waals surface area contributed by atoms with E-state index < -0.39 is 6.10 Å². The first-order chi connectivity index (χ1) is 8.86. The highest BCUT2D eigenvalue weighted by Gasteiger charge is 2.15. The molecular weight excluding hydrogens is 264 g/mol. The fraction of sp³-hybridized carbons (Fsp3) is 0.500. The van der Waals surface area contributed by atoms with Crippen LogP contribution >= 0.6 is 11.6 Å². The third kappa shape index (κ3) is 4.11. The topological polar surface area (TPSA) is 43.8 Å². The van der Waals surface area contributed by atoms with E-state index in [1.165, 1.54) is 0 Å². The van der Waals surface area contributed by atoms with Gasteiger partial charge in [-0.25, -0.2) is 0 Å². The Hall–Kier alpha value is -1.26. The number of halogens is 1. The predicted molar refractivity (Wildman–Crippen MR) is 78.7 cm³/mol. The van der Waals surface area contributed by atoms with Gasteiger partial charge in [-0.3, -0.25) is 4.79 Å². The summed E-state index contributed by atoms with van der Waals surface area (Å²) >= 11 is 6.23. The molecule has 0 aromatic heterocycles. The molecule has 0 fully saturated rings. The van der Waals surface area contributed by atoms with Crippen LogP contribution in [0.15, 0.2) is 18.2 Å². The number of hydrogen-bond donors (Lipinski definition) is 1. The number of anilines is 1. The Bertz CT molecular complexity index is 447. The molecule has 0 heterocycles. The van der Waals surface area contributed by atoms with E-state index in [0.717, 1.165) is 11.3 Å². The van der Waals surface area contributed by atoms with Gasteiger partial charge in [0.1, 0.15) is 0 Å². The second-order valence-corrected chi connectivity index (χ2v) is 5.10. The van der Waals surface area contributed by atoms with Crippen LogP contribution in [0.2, 0.25) is 5.02 Å². The van der Waals surface area contributed by atoms with Gasteiger partial charge < -0.3 is 14.9 Å². The average molecular weight is 285 g/mol. The number of amides is 1. The molecule has 1 N–H and O–H groups in total. The van der Waals surface area contributed by atoms with Crippen molar-refractivity contribution in [2.75, 3.05) is 32.1 Å². The predicted octanol–water partition coefficient (Wildman–Crippen LogP) is 2.31. The molecule has 0 spiro atoms. The van der Waals surface area contributed by atoms with Crippen LogP contribution in [0.5, 0.6) is 0 Å². The lowest BCUT2D eigenvalue weighted by Crippen LogP contribution is -2.36. The number of likely N-dealkylation sites (N-methyl/N-ethyl adjacent to an activating group) is 2. The van der Waals surface area contributed by atoms with Crippen LogP contribution in [-0.4, -0.2) is 43.1 Å². The molecule has 0 saturated heterocycles. The van der Waals surface area contributed by atoms with Crippen molar-refractivity contribution in [3.8, 4) is 0 Å². The van der Waals surface area contributed by atoms with Crippen molar-refractivity contribution >= 4 is 23.2 Å². The Balaban J connectivity index is 2.96. The molecule has 106 valence electrons. The molecular formula is C14H21ClN2O2. The minimum Gasteiger partial charge on any atom is -0.389 e. The Kier molecular flexibility index (Phi) is 5.63. The van der Waals surface area contributed by atoms with Crippen LogP contribution in [0.1, 0.15) is 25.5 Å². The second kappa shape index (κ2) is 6.78. The van der Waals surface area contributed by atoms with Crippen LogP contribution in [-0.2, 0) is 4.79 Å². The van der Waals surface area contributed by atoms with Crippen molar-refractivity contribution in [3.63, 3.8) is 0 Å². The SMILES string of the molecule is CCN(CC(=O)N(C)C)c1ccc([C@H](C)O)cc1Cl. The minimum atomic E-state index is -0.551. The maximum absolute atomic E-state index is 11.8. The fourth-order valence-corrected chi connectivity index (χ4v) is 2.02. The van der Waals surface area contributed by atoms with Gasteiger partial charge >= 0.3 is 0 Å². The zero-order valence-corrected chi connectivity index (χ0v) is 12.6. The highest BCUT2D eigenvalue weighted by molar-refractivity contribution is 6.33. The Morgan fingerprint density at radius 1 is 1.42 bits per heavy atom. The van der Waals surface area contributed by atoms with E-state index in [4.69, 9.17) is 11.6 Å². The van der Waals surface area contributed by atoms with Gasteiger partial charge in [-0.15, -0.1) is 0 Å². The summed E-state index contributed by atoms with van der Waals surface area (Å²) in [6.45, 7) is 4.64. The zero-order valence-electron chi connectivity index (χ0n) is 11.9. The number of aliphatic hydroxyl groups is 1. The van der Waals surface area contributed by atoms with Crippen molar-refractivity contribution in [1.82, 2.24) is 4.90 Å². The highest BCUT2D eigenvalue weighted by atomic mass is 35.5. The third-order valence-electron chi connectivity index (χ3n) is 3.00. The number of carbonyl (C=O) groups excluding carboxylic acids is 1. The smallest absolute Gasteiger partial charge is 0.241 e. The first kappa shape index (κ1) is 15.8. The summed E-state index contributed by atoms with van der Waals surface area (Å²) in [6.07, 6.45) is -0.551. The molecule has 19 heavy (non-hydrogen) atoms. The standard InChI is InChI=1S/C14H21ClN2O2/c1-5-17(9-14(19)16(3)4)13-7-6-11(10(2)18)8-12(13)15/h6-8,10,18H,5,9H2,1-4H3/t10-/m0/s1. The van der Waals surface area contributed by atoms with Crippen molar-refractivity contribution in [2.24, 2.45) is 0 Å². The van der Waals surface area contributed by atoms with Crippen LogP contribution in [0.25, 0.3) is 0 Å². The van der Waals surface area contributed by atoms with Gasteiger partial charge in [0.05, 0.1) is 23.4 Å². The van der Waals surface area contributed by atoms with Gasteiger partial charge in [0.2, 0.25) is 5.91 Å². The largest absolute Gasteiger partial charge is 0.389 e. The van der Waals surface area contributed by atoms with Gasteiger partial charge in [-0.1, -0.05) is 17.7 Å². The number of nitrogens with zero attached hydrogens (tertiary/aromatic N) is 2. The maximum atomic E-state index is 11.8. The lowest BCUT2D eigenvalue weighted by Gasteiger charge is -2.25. The van der Waals surface area contributed by atoms with E-state index in [-0.39, 0.29) is 12.5 Å². The van der Waals surface area contributed by atoms with Gasteiger partial charge in [0, 0.05) is 20.6 Å². The first-order valence-corrected chi connectivity index (χ1v) is 6.67. The molecule has 1 rings (SSSR count). The molecule has 0 unspecified atom stereocenters. The van der Waals surface area contributed by atoms with E-state index >= 15 is 0 Å². The molecule has 0 radical (unpaired) electrons. The van der Waals surface area contributed by atoms with Crippen LogP contribution in [0.3, 0.4) is 0 Å². The van der Waals surface area contributed by atoms with E-state index in [1.807, 2.05) is 24.0 Å². The Morgan fingerprint density at radius 2 is 2.05 bits per heavy atom. The van der Waals surface area contributed by atoms with E-state index in [2.05, 4.69) is 0 Å². The number of benzene rings is 1. The summed E-state index contributed by atoms with van der Waals surface area (Å²) in [7, 11) is 3.46. The average Bonchev–Trinajstić information content (AvgIpc) is 2.35. The van der Waals surface area contributed by atoms with Crippen molar-refractivity contribution in [1.29, 1.82) is 0 Å². The molecule has 0 saturated carbocycles. The summed E-state index contributed by atoms with van der Waals surface area (Å²) < 4.78 is 0. The van der Waals surface area contributed by atoms with E-state index in [1.54, 1.807) is 32.0 Å². The normalized spacial score (nSPS) is 12.1. The number of rotatable bonds is 5. The number of carbonyl (C=O) groups is 1. The first-order valence-electron chi connectivity index (χ1n) is 6.29. The van der Waals surface area contributed by atoms with Crippen LogP contribution < -0.4 is 4.90 Å². The minimum absolute atomic E-state index is 0.0255. The van der Waals surface area contributed by atoms with E-state index in [9.17, 15) is 9.90 Å². The van der Waals surface area contributed by atoms with E-state index in [0.29, 0.717) is 11.6 Å². The lowest BCUT2D eigenvalue weighted by atomic mass is 10.1. The molecule has 4 nitrogen and oxygen atoms in total. The van der Waals surface area contributed by atoms with Gasteiger partial charge in [-0.2, -0.15) is 0 Å². The molecule has 1 atom stereocenters. The molecule has 1 amide bonds. The molecule has 0 aliphatic rings. The Morgan fingerprint density at radius 3 is 2.47 bits per heavy atom. The zero-order chi connectivity index (χ0) is 14.6. The number of hydrogen-bond acceptors (Lipinski definition) is 3. The molecule has 1 aromatic carbocycles. The Labute approximate surface area is 119 Å². The van der Waals surface area contributed by atoms with Crippen molar-refractivity contribution in [2.45, 2.75) is 20.0 Å². The van der Waals surface area contributed by atoms with Crippen LogP contribution in [0, 0.1) is 0 Å². The third-order valence-corrected chi connectivity index (χ3v) is 3.30. The summed E-state index contributed by atoms with van der Waals surface area (Å²) in [5.41, 5.74) is 1.58. The molecule has 0 aliphatic carbocycles. The quantitative estimate of drug-likeness (QED) is 0.902. The van der Waals surface area contributed by atoms with Crippen LogP contribution in [0.4, 0.5) is 5.69 Å². The summed E-state index contributed by atoms with van der Waals surface area (Å²) in [5.74, 6) is 0.0255. The summed E-state index contributed by atoms with van der Waals surface area (Å²) in [6, 6.07) is 5.41. The maximum Gasteiger partial charge on any atom is 0.241 e. The van der Waals surface area contributed by atoms with Crippen molar-refractivity contribution < 1.29 is 9.90 Å². The van der Waals surface area contributed by atoms with Crippen molar-refractivity contribution in [3.05, 3.63) is 28.8 Å². The molecule has 1 aromatic rings. The van der Waals surface area contributed by atoms with Gasteiger partial charge in [0.25, 0.3) is 0 Å². The van der Waals surface area contributed by atoms with Gasteiger partial charge in [-0.05, 0) is 31.5 Å². The molecule has 5 heteroatoms. The monoisotopic (exact) mass is 284 g/mol. The summed E-state index contributed by atoms with van der Waals surface area (Å²) in [5, 5.41) is 10.1. The summed E-state index contributed by atoms with van der Waals surface area (Å²) in [4.78, 5) is 15.2. The van der Waals surface area contributed by atoms with Gasteiger partial charge in [0.15, 0.2) is 0 Å². The highest BCUT2D eigenvalue weighted by Crippen LogP contribution is 2.28. The second-order valence-electron chi connectivity index (χ2n) is 4.69. The molecule has 0 bridgehead atoms. The number of aliphatic hydroxyl groups excluding tert-OH is 1. The lowest BCUT2D eigenvalue weighted by molar-refractivity contribution is -0.127. The molecule has 0 aliphatic heterocycles. The fourth-order valence-electron chi connectivity index (χ4n) is 1.71.